The summed E-state index contributed by atoms with van der Waals surface area (Å²) in [5, 5.41) is 5.28. The lowest BCUT2D eigenvalue weighted by molar-refractivity contribution is -0.129. The van der Waals surface area contributed by atoms with Crippen molar-refractivity contribution in [3.05, 3.63) is 115 Å². The second-order valence-electron chi connectivity index (χ2n) is 10.5. The van der Waals surface area contributed by atoms with Gasteiger partial charge in [-0.2, -0.15) is 0 Å². The van der Waals surface area contributed by atoms with E-state index in [0.29, 0.717) is 28.4 Å². The first-order valence-electron chi connectivity index (χ1n) is 14.1. The molecule has 2 N–H and O–H groups in total. The maximum atomic E-state index is 14.3. The number of anilines is 5. The summed E-state index contributed by atoms with van der Waals surface area (Å²) in [4.78, 5) is 59.8. The van der Waals surface area contributed by atoms with Crippen molar-refractivity contribution in [1.82, 2.24) is 5.32 Å². The first kappa shape index (κ1) is 29.1. The standard InChI is InChI=1S/C34H33N5O4/c1-23(2)38(26-12-6-4-7-13-26)30(40)22-37-28-16-10-11-17-29(28)39(27-14-8-5-9-15-27)33(42)31(32(37)41)36-34(43)35-25-20-18-24(3)19-21-25/h4-21,23,31H,22H2,1-3H3,(H2,35,36,43). The predicted molar refractivity (Wildman–Crippen MR) is 169 cm³/mol. The van der Waals surface area contributed by atoms with Gasteiger partial charge in [0.15, 0.2) is 6.04 Å². The fraction of sp³-hybridized carbons (Fsp3) is 0.176. The lowest BCUT2D eigenvalue weighted by atomic mass is 10.2. The van der Waals surface area contributed by atoms with Gasteiger partial charge in [0.1, 0.15) is 6.54 Å². The van der Waals surface area contributed by atoms with Gasteiger partial charge >= 0.3 is 6.03 Å². The second-order valence-corrected chi connectivity index (χ2v) is 10.5. The van der Waals surface area contributed by atoms with E-state index < -0.39 is 23.9 Å². The average molecular weight is 576 g/mol. The molecule has 0 spiro atoms. The van der Waals surface area contributed by atoms with Crippen LogP contribution in [0.3, 0.4) is 0 Å². The molecule has 4 aromatic rings. The van der Waals surface area contributed by atoms with E-state index in [1.165, 1.54) is 9.80 Å². The Hall–Kier alpha value is -5.44. The molecule has 43 heavy (non-hydrogen) atoms. The zero-order valence-electron chi connectivity index (χ0n) is 24.2. The molecule has 4 aromatic carbocycles. The third kappa shape index (κ3) is 6.25. The minimum atomic E-state index is -1.62. The number of aryl methyl sites for hydroxylation is 1. The predicted octanol–water partition coefficient (Wildman–Crippen LogP) is 5.64. The van der Waals surface area contributed by atoms with E-state index in [1.807, 2.05) is 69.3 Å². The molecular formula is C34H33N5O4. The number of amides is 5. The molecule has 1 heterocycles. The number of carbonyl (C=O) groups excluding carboxylic acids is 4. The van der Waals surface area contributed by atoms with Crippen LogP contribution in [0.25, 0.3) is 0 Å². The highest BCUT2D eigenvalue weighted by molar-refractivity contribution is 6.25. The Morgan fingerprint density at radius 3 is 1.98 bits per heavy atom. The highest BCUT2D eigenvalue weighted by Gasteiger charge is 2.43. The van der Waals surface area contributed by atoms with Crippen molar-refractivity contribution in [3.63, 3.8) is 0 Å². The average Bonchev–Trinajstić information content (AvgIpc) is 3.08. The number of nitrogens with one attached hydrogen (secondary N) is 2. The SMILES string of the molecule is Cc1ccc(NC(=O)NC2C(=O)N(CC(=O)N(c3ccccc3)C(C)C)c3ccccc3N(c3ccccc3)C2=O)cc1. The number of para-hydroxylation sites is 4. The van der Waals surface area contributed by atoms with Crippen molar-refractivity contribution in [2.24, 2.45) is 0 Å². The summed E-state index contributed by atoms with van der Waals surface area (Å²) in [5.74, 6) is -1.71. The van der Waals surface area contributed by atoms with E-state index in [-0.39, 0.29) is 18.5 Å². The van der Waals surface area contributed by atoms with Crippen LogP contribution in [0.5, 0.6) is 0 Å². The van der Waals surface area contributed by atoms with Crippen molar-refractivity contribution < 1.29 is 19.2 Å². The first-order valence-corrected chi connectivity index (χ1v) is 14.1. The van der Waals surface area contributed by atoms with Gasteiger partial charge in [-0.25, -0.2) is 4.79 Å². The molecule has 0 bridgehead atoms. The maximum absolute atomic E-state index is 14.3. The number of hydrogen-bond donors (Lipinski definition) is 2. The summed E-state index contributed by atoms with van der Waals surface area (Å²) in [7, 11) is 0. The number of carbonyl (C=O) groups is 4. The van der Waals surface area contributed by atoms with E-state index in [9.17, 15) is 19.2 Å². The summed E-state index contributed by atoms with van der Waals surface area (Å²) < 4.78 is 0. The highest BCUT2D eigenvalue weighted by atomic mass is 16.2. The summed E-state index contributed by atoms with van der Waals surface area (Å²) in [6, 6.07) is 29.6. The zero-order chi connectivity index (χ0) is 30.5. The minimum absolute atomic E-state index is 0.205. The molecule has 1 aliphatic rings. The van der Waals surface area contributed by atoms with Gasteiger partial charge in [-0.3, -0.25) is 24.2 Å². The van der Waals surface area contributed by atoms with Gasteiger partial charge in [0, 0.05) is 23.1 Å². The second kappa shape index (κ2) is 12.6. The van der Waals surface area contributed by atoms with Gasteiger partial charge in [-0.1, -0.05) is 66.2 Å². The van der Waals surface area contributed by atoms with E-state index >= 15 is 0 Å². The van der Waals surface area contributed by atoms with Crippen LogP contribution in [0, 0.1) is 6.92 Å². The van der Waals surface area contributed by atoms with Crippen LogP contribution in [0.1, 0.15) is 19.4 Å². The Morgan fingerprint density at radius 1 is 0.767 bits per heavy atom. The summed E-state index contributed by atoms with van der Waals surface area (Å²) >= 11 is 0. The van der Waals surface area contributed by atoms with Gasteiger partial charge < -0.3 is 15.5 Å². The Morgan fingerprint density at radius 2 is 1.35 bits per heavy atom. The molecule has 9 nitrogen and oxygen atoms in total. The van der Waals surface area contributed by atoms with Crippen LogP contribution < -0.4 is 25.3 Å². The van der Waals surface area contributed by atoms with Crippen molar-refractivity contribution in [2.45, 2.75) is 32.9 Å². The van der Waals surface area contributed by atoms with Gasteiger partial charge in [0.25, 0.3) is 11.8 Å². The third-order valence-corrected chi connectivity index (χ3v) is 7.11. The lowest BCUT2D eigenvalue weighted by Gasteiger charge is -2.31. The Bertz CT molecular complexity index is 1620. The molecule has 0 saturated heterocycles. The highest BCUT2D eigenvalue weighted by Crippen LogP contribution is 2.38. The minimum Gasteiger partial charge on any atom is -0.318 e. The number of urea groups is 1. The van der Waals surface area contributed by atoms with Crippen LogP contribution >= 0.6 is 0 Å². The van der Waals surface area contributed by atoms with E-state index in [1.54, 1.807) is 65.6 Å². The molecule has 5 rings (SSSR count). The molecule has 1 unspecified atom stereocenters. The Labute approximate surface area is 250 Å². The summed E-state index contributed by atoms with van der Waals surface area (Å²) in [5.41, 5.74) is 3.51. The molecule has 0 aromatic heterocycles. The van der Waals surface area contributed by atoms with Crippen LogP contribution in [0.2, 0.25) is 0 Å². The molecule has 9 heteroatoms. The number of rotatable bonds is 7. The lowest BCUT2D eigenvalue weighted by Crippen LogP contribution is -2.57. The smallest absolute Gasteiger partial charge is 0.318 e. The molecular weight excluding hydrogens is 542 g/mol. The van der Waals surface area contributed by atoms with Crippen molar-refractivity contribution >= 4 is 52.2 Å². The quantitative estimate of drug-likeness (QED) is 0.279. The van der Waals surface area contributed by atoms with Crippen LogP contribution in [0.4, 0.5) is 33.2 Å². The van der Waals surface area contributed by atoms with E-state index in [4.69, 9.17) is 0 Å². The van der Waals surface area contributed by atoms with Crippen molar-refractivity contribution in [2.75, 3.05) is 26.6 Å². The van der Waals surface area contributed by atoms with Gasteiger partial charge in [0.2, 0.25) is 5.91 Å². The first-order chi connectivity index (χ1) is 20.7. The fourth-order valence-electron chi connectivity index (χ4n) is 5.10. The number of hydrogen-bond acceptors (Lipinski definition) is 4. The fourth-order valence-corrected chi connectivity index (χ4v) is 5.10. The Kier molecular flexibility index (Phi) is 8.52. The molecule has 218 valence electrons. The topological polar surface area (TPSA) is 102 Å². The van der Waals surface area contributed by atoms with Gasteiger partial charge in [0.05, 0.1) is 11.4 Å². The molecule has 0 saturated carbocycles. The molecule has 0 aliphatic carbocycles. The molecule has 1 aliphatic heterocycles. The summed E-state index contributed by atoms with van der Waals surface area (Å²) in [6.07, 6.45) is 0. The summed E-state index contributed by atoms with van der Waals surface area (Å²) in [6.45, 7) is 5.36. The van der Waals surface area contributed by atoms with Gasteiger partial charge in [-0.15, -0.1) is 0 Å². The zero-order valence-corrected chi connectivity index (χ0v) is 24.2. The van der Waals surface area contributed by atoms with E-state index in [2.05, 4.69) is 10.6 Å². The number of benzene rings is 4. The van der Waals surface area contributed by atoms with Crippen LogP contribution in [-0.2, 0) is 14.4 Å². The number of nitrogens with zero attached hydrogens (tertiary/aromatic N) is 3. The van der Waals surface area contributed by atoms with Crippen molar-refractivity contribution in [3.8, 4) is 0 Å². The molecule has 0 fully saturated rings. The monoisotopic (exact) mass is 575 g/mol. The third-order valence-electron chi connectivity index (χ3n) is 7.11. The molecule has 0 radical (unpaired) electrons. The van der Waals surface area contributed by atoms with Crippen LogP contribution in [-0.4, -0.2) is 42.4 Å². The van der Waals surface area contributed by atoms with Crippen molar-refractivity contribution in [1.29, 1.82) is 0 Å². The normalized spacial score (nSPS) is 14.7. The largest absolute Gasteiger partial charge is 0.320 e. The maximum Gasteiger partial charge on any atom is 0.320 e. The number of fused-ring (bicyclic) bond motifs is 1. The van der Waals surface area contributed by atoms with Gasteiger partial charge in [-0.05, 0) is 69.3 Å². The Balaban J connectivity index is 1.55. The van der Waals surface area contributed by atoms with Crippen LogP contribution in [0.15, 0.2) is 109 Å². The van der Waals surface area contributed by atoms with E-state index in [0.717, 1.165) is 5.56 Å². The molecule has 1 atom stereocenters. The molecule has 5 amide bonds.